The largest absolute Gasteiger partial charge is 0.462 e. The van der Waals surface area contributed by atoms with Gasteiger partial charge in [-0.15, -0.1) is 0 Å². The normalized spacial score (nSPS) is 18.7. The highest BCUT2D eigenvalue weighted by atomic mass is 32.2. The van der Waals surface area contributed by atoms with Gasteiger partial charge < -0.3 is 4.74 Å². The van der Waals surface area contributed by atoms with Gasteiger partial charge in [-0.2, -0.15) is 0 Å². The zero-order chi connectivity index (χ0) is 12.2. The molecular formula is C10H19NO4S. The van der Waals surface area contributed by atoms with Crippen LogP contribution in [0.2, 0.25) is 0 Å². The molecule has 0 atom stereocenters. The van der Waals surface area contributed by atoms with Crippen LogP contribution in [-0.4, -0.2) is 44.6 Å². The Balaban J connectivity index is 2.41. The van der Waals surface area contributed by atoms with Gasteiger partial charge in [-0.25, -0.2) is 12.7 Å². The van der Waals surface area contributed by atoms with Crippen molar-refractivity contribution in [3.05, 3.63) is 0 Å². The standard InChI is InChI=1S/C10H19NO4S/c1-11(2)16(13,14)8-10(12)15-9-6-4-3-5-7-9/h9H,3-8H2,1-2H3. The summed E-state index contributed by atoms with van der Waals surface area (Å²) < 4.78 is 29.0. The lowest BCUT2D eigenvalue weighted by molar-refractivity contribution is -0.147. The van der Waals surface area contributed by atoms with Crippen LogP contribution in [-0.2, 0) is 19.6 Å². The fourth-order valence-corrected chi connectivity index (χ4v) is 2.31. The zero-order valence-electron chi connectivity index (χ0n) is 9.81. The van der Waals surface area contributed by atoms with Crippen LogP contribution in [0.5, 0.6) is 0 Å². The lowest BCUT2D eigenvalue weighted by atomic mass is 9.98. The summed E-state index contributed by atoms with van der Waals surface area (Å²) in [5.41, 5.74) is 0. The fourth-order valence-electron chi connectivity index (χ4n) is 1.68. The molecule has 1 aliphatic carbocycles. The molecule has 0 radical (unpaired) electrons. The predicted octanol–water partition coefficient (Wildman–Crippen LogP) is 0.754. The van der Waals surface area contributed by atoms with Crippen molar-refractivity contribution in [1.29, 1.82) is 0 Å². The Morgan fingerprint density at radius 1 is 1.25 bits per heavy atom. The molecule has 0 unspecified atom stereocenters. The van der Waals surface area contributed by atoms with Crippen molar-refractivity contribution in [3.63, 3.8) is 0 Å². The number of carbonyl (C=O) groups excluding carboxylic acids is 1. The van der Waals surface area contributed by atoms with E-state index in [0.29, 0.717) is 0 Å². The Bertz CT molecular complexity index is 331. The van der Waals surface area contributed by atoms with Crippen molar-refractivity contribution in [2.24, 2.45) is 0 Å². The molecule has 6 heteroatoms. The zero-order valence-corrected chi connectivity index (χ0v) is 10.6. The third-order valence-corrected chi connectivity index (χ3v) is 4.42. The Morgan fingerprint density at radius 2 is 1.81 bits per heavy atom. The number of sulfonamides is 1. The first-order valence-corrected chi connectivity index (χ1v) is 7.12. The highest BCUT2D eigenvalue weighted by Gasteiger charge is 2.23. The van der Waals surface area contributed by atoms with E-state index in [9.17, 15) is 13.2 Å². The Labute approximate surface area is 96.8 Å². The van der Waals surface area contributed by atoms with Crippen molar-refractivity contribution < 1.29 is 17.9 Å². The number of carbonyl (C=O) groups is 1. The molecule has 0 heterocycles. The van der Waals surface area contributed by atoms with Gasteiger partial charge in [0.05, 0.1) is 0 Å². The molecule has 5 nitrogen and oxygen atoms in total. The predicted molar refractivity (Wildman–Crippen MR) is 60.4 cm³/mol. The summed E-state index contributed by atoms with van der Waals surface area (Å²) in [4.78, 5) is 11.4. The average molecular weight is 249 g/mol. The maximum absolute atomic E-state index is 11.4. The molecule has 94 valence electrons. The molecule has 1 aliphatic rings. The van der Waals surface area contributed by atoms with Crippen LogP contribution in [0.4, 0.5) is 0 Å². The number of esters is 1. The molecule has 0 bridgehead atoms. The fraction of sp³-hybridized carbons (Fsp3) is 0.900. The van der Waals surface area contributed by atoms with E-state index in [1.165, 1.54) is 20.5 Å². The number of hydrogen-bond donors (Lipinski definition) is 0. The van der Waals surface area contributed by atoms with Gasteiger partial charge in [0, 0.05) is 14.1 Å². The molecule has 0 aromatic carbocycles. The highest BCUT2D eigenvalue weighted by Crippen LogP contribution is 2.20. The molecule has 0 N–H and O–H groups in total. The molecule has 16 heavy (non-hydrogen) atoms. The van der Waals surface area contributed by atoms with E-state index < -0.39 is 21.7 Å². The molecule has 1 fully saturated rings. The number of ether oxygens (including phenoxy) is 1. The van der Waals surface area contributed by atoms with Gasteiger partial charge >= 0.3 is 5.97 Å². The average Bonchev–Trinajstić information content (AvgIpc) is 2.17. The molecule has 1 rings (SSSR count). The lowest BCUT2D eigenvalue weighted by Gasteiger charge is -2.22. The van der Waals surface area contributed by atoms with Gasteiger partial charge in [0.15, 0.2) is 5.75 Å². The Hall–Kier alpha value is -0.620. The van der Waals surface area contributed by atoms with Crippen LogP contribution in [0.1, 0.15) is 32.1 Å². The molecule has 0 saturated heterocycles. The monoisotopic (exact) mass is 249 g/mol. The molecule has 0 amide bonds. The van der Waals surface area contributed by atoms with E-state index in [-0.39, 0.29) is 6.10 Å². The van der Waals surface area contributed by atoms with E-state index in [0.717, 1.165) is 30.0 Å². The first-order chi connectivity index (χ1) is 7.42. The summed E-state index contributed by atoms with van der Waals surface area (Å²) >= 11 is 0. The topological polar surface area (TPSA) is 63.7 Å². The quantitative estimate of drug-likeness (QED) is 0.690. The Morgan fingerprint density at radius 3 is 2.31 bits per heavy atom. The van der Waals surface area contributed by atoms with Crippen LogP contribution in [0, 0.1) is 0 Å². The first-order valence-electron chi connectivity index (χ1n) is 5.51. The maximum atomic E-state index is 11.4. The van der Waals surface area contributed by atoms with E-state index >= 15 is 0 Å². The summed E-state index contributed by atoms with van der Waals surface area (Å²) in [5.74, 6) is -1.20. The molecular weight excluding hydrogens is 230 g/mol. The molecule has 0 aromatic rings. The highest BCUT2D eigenvalue weighted by molar-refractivity contribution is 7.89. The molecule has 0 spiro atoms. The number of rotatable bonds is 4. The summed E-state index contributed by atoms with van der Waals surface area (Å²) in [7, 11) is -0.677. The van der Waals surface area contributed by atoms with E-state index in [1.54, 1.807) is 0 Å². The van der Waals surface area contributed by atoms with Gasteiger partial charge in [-0.1, -0.05) is 6.42 Å². The second-order valence-electron chi connectivity index (χ2n) is 4.29. The number of nitrogens with zero attached hydrogens (tertiary/aromatic N) is 1. The van der Waals surface area contributed by atoms with Crippen molar-refractivity contribution >= 4 is 16.0 Å². The third kappa shape index (κ3) is 4.09. The third-order valence-electron chi connectivity index (χ3n) is 2.71. The van der Waals surface area contributed by atoms with Crippen molar-refractivity contribution in [2.75, 3.05) is 19.8 Å². The van der Waals surface area contributed by atoms with Gasteiger partial charge in [0.1, 0.15) is 6.10 Å². The van der Waals surface area contributed by atoms with Crippen LogP contribution < -0.4 is 0 Å². The summed E-state index contributed by atoms with van der Waals surface area (Å²) in [6.45, 7) is 0. The minimum atomic E-state index is -3.49. The van der Waals surface area contributed by atoms with Gasteiger partial charge in [-0.05, 0) is 25.7 Å². The molecule has 0 aliphatic heterocycles. The smallest absolute Gasteiger partial charge is 0.322 e. The van der Waals surface area contributed by atoms with Crippen molar-refractivity contribution in [2.45, 2.75) is 38.2 Å². The van der Waals surface area contributed by atoms with Crippen LogP contribution >= 0.6 is 0 Å². The van der Waals surface area contributed by atoms with Gasteiger partial charge in [0.25, 0.3) is 0 Å². The molecule has 0 aromatic heterocycles. The summed E-state index contributed by atoms with van der Waals surface area (Å²) in [6, 6.07) is 0. The van der Waals surface area contributed by atoms with E-state index in [4.69, 9.17) is 4.74 Å². The van der Waals surface area contributed by atoms with Gasteiger partial charge in [0.2, 0.25) is 10.0 Å². The second-order valence-corrected chi connectivity index (χ2v) is 6.47. The van der Waals surface area contributed by atoms with Crippen LogP contribution in [0.25, 0.3) is 0 Å². The van der Waals surface area contributed by atoms with Crippen LogP contribution in [0.15, 0.2) is 0 Å². The summed E-state index contributed by atoms with van der Waals surface area (Å²) in [6.07, 6.45) is 4.90. The SMILES string of the molecule is CN(C)S(=O)(=O)CC(=O)OC1CCCCC1. The maximum Gasteiger partial charge on any atom is 0.322 e. The van der Waals surface area contributed by atoms with Crippen LogP contribution in [0.3, 0.4) is 0 Å². The van der Waals surface area contributed by atoms with Crippen molar-refractivity contribution in [3.8, 4) is 0 Å². The minimum Gasteiger partial charge on any atom is -0.462 e. The summed E-state index contributed by atoms with van der Waals surface area (Å²) in [5, 5.41) is 0. The first kappa shape index (κ1) is 13.4. The van der Waals surface area contributed by atoms with E-state index in [1.807, 2.05) is 0 Å². The molecule has 1 saturated carbocycles. The van der Waals surface area contributed by atoms with Crippen molar-refractivity contribution in [1.82, 2.24) is 4.31 Å². The van der Waals surface area contributed by atoms with Gasteiger partial charge in [-0.3, -0.25) is 4.79 Å². The second kappa shape index (κ2) is 5.63. The minimum absolute atomic E-state index is 0.0846. The number of hydrogen-bond acceptors (Lipinski definition) is 4. The lowest BCUT2D eigenvalue weighted by Crippen LogP contribution is -2.32. The Kier molecular flexibility index (Phi) is 4.73. The van der Waals surface area contributed by atoms with E-state index in [2.05, 4.69) is 0 Å².